The van der Waals surface area contributed by atoms with E-state index in [1.807, 2.05) is 4.90 Å². The molecule has 170 valence electrons. The van der Waals surface area contributed by atoms with E-state index in [2.05, 4.69) is 15.5 Å². The lowest BCUT2D eigenvalue weighted by molar-refractivity contribution is -0.129. The highest BCUT2D eigenvalue weighted by atomic mass is 35.5. The second-order valence-electron chi connectivity index (χ2n) is 8.10. The zero-order valence-corrected chi connectivity index (χ0v) is 19.0. The quantitative estimate of drug-likeness (QED) is 0.542. The van der Waals surface area contributed by atoms with E-state index in [4.69, 9.17) is 9.47 Å². The summed E-state index contributed by atoms with van der Waals surface area (Å²) < 4.78 is 10.8. The monoisotopic (exact) mass is 454 g/mol. The summed E-state index contributed by atoms with van der Waals surface area (Å²) in [5.74, 6) is -0.133. The largest absolute Gasteiger partial charge is 0.384 e. The molecule has 0 radical (unpaired) electrons. The van der Waals surface area contributed by atoms with Crippen LogP contribution in [0.3, 0.4) is 0 Å². The van der Waals surface area contributed by atoms with Gasteiger partial charge in [0.25, 0.3) is 0 Å². The highest BCUT2D eigenvalue weighted by Gasteiger charge is 2.37. The lowest BCUT2D eigenvalue weighted by Crippen LogP contribution is -2.48. The van der Waals surface area contributed by atoms with Gasteiger partial charge < -0.3 is 25.0 Å². The summed E-state index contributed by atoms with van der Waals surface area (Å²) in [6, 6.07) is 0. The van der Waals surface area contributed by atoms with Crippen LogP contribution in [0.25, 0.3) is 0 Å². The molecule has 1 unspecified atom stereocenters. The minimum absolute atomic E-state index is 0. The third kappa shape index (κ3) is 7.52. The minimum atomic E-state index is -0.233. The van der Waals surface area contributed by atoms with Crippen LogP contribution in [-0.2, 0) is 19.1 Å². The lowest BCUT2D eigenvalue weighted by atomic mass is 9.79. The van der Waals surface area contributed by atoms with E-state index < -0.39 is 0 Å². The predicted octanol–water partition coefficient (Wildman–Crippen LogP) is 0.143. The number of hydrogen-bond acceptors (Lipinski definition) is 6. The molecular weight excluding hydrogens is 419 g/mol. The van der Waals surface area contributed by atoms with Crippen molar-refractivity contribution in [2.75, 3.05) is 79.3 Å². The summed E-state index contributed by atoms with van der Waals surface area (Å²) in [6.45, 7) is 8.64. The average Bonchev–Trinajstić information content (AvgIpc) is 3.07. The normalized spacial score (nSPS) is 24.5. The molecule has 3 aliphatic heterocycles. The second kappa shape index (κ2) is 12.9. The van der Waals surface area contributed by atoms with Crippen molar-refractivity contribution in [2.45, 2.75) is 19.3 Å². The number of methoxy groups -OCH3 is 1. The van der Waals surface area contributed by atoms with Gasteiger partial charge in [0.15, 0.2) is 0 Å². The SMILES string of the molecule is COCC1(CNC(=O)C2CC(=O)N(CCN3CCOCC3)C2)CCNCC1.Cl.Cl. The average molecular weight is 455 g/mol. The molecular formula is C19H36Cl2N4O4. The number of hydrogen-bond donors (Lipinski definition) is 2. The molecule has 3 aliphatic rings. The number of carbonyl (C=O) groups is 2. The van der Waals surface area contributed by atoms with E-state index in [0.717, 1.165) is 58.8 Å². The number of piperidine rings is 1. The molecule has 10 heteroatoms. The van der Waals surface area contributed by atoms with Crippen molar-refractivity contribution in [3.8, 4) is 0 Å². The summed E-state index contributed by atoms with van der Waals surface area (Å²) >= 11 is 0. The number of nitrogens with zero attached hydrogens (tertiary/aromatic N) is 2. The van der Waals surface area contributed by atoms with E-state index in [-0.39, 0.29) is 48.0 Å². The van der Waals surface area contributed by atoms with Crippen molar-refractivity contribution in [2.24, 2.45) is 11.3 Å². The molecule has 29 heavy (non-hydrogen) atoms. The van der Waals surface area contributed by atoms with Gasteiger partial charge in [-0.25, -0.2) is 0 Å². The van der Waals surface area contributed by atoms with Crippen molar-refractivity contribution < 1.29 is 19.1 Å². The molecule has 2 N–H and O–H groups in total. The van der Waals surface area contributed by atoms with Gasteiger partial charge in [0.05, 0.1) is 25.7 Å². The molecule has 0 aromatic carbocycles. The number of halogens is 2. The Morgan fingerprint density at radius 3 is 2.59 bits per heavy atom. The van der Waals surface area contributed by atoms with E-state index in [1.165, 1.54) is 0 Å². The molecule has 3 saturated heterocycles. The van der Waals surface area contributed by atoms with Crippen LogP contribution in [-0.4, -0.2) is 101 Å². The molecule has 0 spiro atoms. The number of morpholine rings is 1. The Bertz CT molecular complexity index is 509. The van der Waals surface area contributed by atoms with Crippen LogP contribution in [0.5, 0.6) is 0 Å². The summed E-state index contributed by atoms with van der Waals surface area (Å²) in [5, 5.41) is 6.48. The fourth-order valence-electron chi connectivity index (χ4n) is 4.31. The van der Waals surface area contributed by atoms with Gasteiger partial charge >= 0.3 is 0 Å². The van der Waals surface area contributed by atoms with Gasteiger partial charge in [0, 0.05) is 58.2 Å². The Morgan fingerprint density at radius 1 is 1.24 bits per heavy atom. The fraction of sp³-hybridized carbons (Fsp3) is 0.895. The maximum Gasteiger partial charge on any atom is 0.225 e. The summed E-state index contributed by atoms with van der Waals surface area (Å²) in [7, 11) is 1.72. The third-order valence-electron chi connectivity index (χ3n) is 6.13. The number of amides is 2. The molecule has 0 aliphatic carbocycles. The molecule has 0 bridgehead atoms. The zero-order chi connectivity index (χ0) is 19.1. The van der Waals surface area contributed by atoms with Crippen LogP contribution in [0.4, 0.5) is 0 Å². The molecule has 3 heterocycles. The first kappa shape index (κ1) is 26.4. The first-order chi connectivity index (χ1) is 13.1. The number of carbonyl (C=O) groups excluding carboxylic acids is 2. The highest BCUT2D eigenvalue weighted by molar-refractivity contribution is 5.89. The number of rotatable bonds is 8. The maximum absolute atomic E-state index is 12.7. The highest BCUT2D eigenvalue weighted by Crippen LogP contribution is 2.28. The third-order valence-corrected chi connectivity index (χ3v) is 6.13. The molecule has 3 fully saturated rings. The lowest BCUT2D eigenvalue weighted by Gasteiger charge is -2.37. The Balaban J connectivity index is 0.00000210. The zero-order valence-electron chi connectivity index (χ0n) is 17.3. The number of nitrogens with one attached hydrogen (secondary N) is 2. The van der Waals surface area contributed by atoms with Gasteiger partial charge in [-0.15, -0.1) is 24.8 Å². The van der Waals surface area contributed by atoms with Crippen molar-refractivity contribution in [1.82, 2.24) is 20.4 Å². The second-order valence-corrected chi connectivity index (χ2v) is 8.10. The van der Waals surface area contributed by atoms with Crippen LogP contribution in [0, 0.1) is 11.3 Å². The van der Waals surface area contributed by atoms with E-state index >= 15 is 0 Å². The Morgan fingerprint density at radius 2 is 1.93 bits per heavy atom. The van der Waals surface area contributed by atoms with E-state index in [1.54, 1.807) is 7.11 Å². The summed E-state index contributed by atoms with van der Waals surface area (Å²) in [4.78, 5) is 29.1. The maximum atomic E-state index is 12.7. The van der Waals surface area contributed by atoms with Crippen LogP contribution >= 0.6 is 24.8 Å². The van der Waals surface area contributed by atoms with Crippen molar-refractivity contribution in [3.05, 3.63) is 0 Å². The van der Waals surface area contributed by atoms with Gasteiger partial charge in [-0.2, -0.15) is 0 Å². The van der Waals surface area contributed by atoms with Gasteiger partial charge in [0.1, 0.15) is 0 Å². The van der Waals surface area contributed by atoms with E-state index in [9.17, 15) is 9.59 Å². The molecule has 0 saturated carbocycles. The van der Waals surface area contributed by atoms with Gasteiger partial charge in [-0.1, -0.05) is 0 Å². The molecule has 2 amide bonds. The Kier molecular flexibility index (Phi) is 11.8. The van der Waals surface area contributed by atoms with Crippen molar-refractivity contribution in [3.63, 3.8) is 0 Å². The number of likely N-dealkylation sites (tertiary alicyclic amines) is 1. The Hall–Kier alpha value is -0.640. The number of ether oxygens (including phenoxy) is 2. The van der Waals surface area contributed by atoms with Gasteiger partial charge in [0.2, 0.25) is 11.8 Å². The predicted molar refractivity (Wildman–Crippen MR) is 116 cm³/mol. The smallest absolute Gasteiger partial charge is 0.225 e. The molecule has 0 aromatic rings. The molecule has 8 nitrogen and oxygen atoms in total. The van der Waals surface area contributed by atoms with Crippen molar-refractivity contribution >= 4 is 36.6 Å². The molecule has 3 rings (SSSR count). The Labute approximate surface area is 186 Å². The van der Waals surface area contributed by atoms with Crippen LogP contribution in [0.15, 0.2) is 0 Å². The fourth-order valence-corrected chi connectivity index (χ4v) is 4.31. The summed E-state index contributed by atoms with van der Waals surface area (Å²) in [5.41, 5.74) is 0.00823. The van der Waals surface area contributed by atoms with Gasteiger partial charge in [-0.3, -0.25) is 14.5 Å². The van der Waals surface area contributed by atoms with Crippen LogP contribution in [0.2, 0.25) is 0 Å². The standard InChI is InChI=1S/C19H34N4O4.2ClH/c1-26-15-19(2-4-20-5-3-19)14-21-18(25)16-12-17(24)23(13-16)7-6-22-8-10-27-11-9-22;;/h16,20H,2-15H2,1H3,(H,21,25);2*1H. The molecule has 1 atom stereocenters. The van der Waals surface area contributed by atoms with Crippen LogP contribution < -0.4 is 10.6 Å². The first-order valence-corrected chi connectivity index (χ1v) is 10.2. The van der Waals surface area contributed by atoms with E-state index in [0.29, 0.717) is 32.7 Å². The van der Waals surface area contributed by atoms with Crippen molar-refractivity contribution in [1.29, 1.82) is 0 Å². The summed E-state index contributed by atoms with van der Waals surface area (Å²) in [6.07, 6.45) is 2.32. The first-order valence-electron chi connectivity index (χ1n) is 10.2. The topological polar surface area (TPSA) is 83.1 Å². The van der Waals surface area contributed by atoms with Crippen LogP contribution in [0.1, 0.15) is 19.3 Å². The minimum Gasteiger partial charge on any atom is -0.384 e. The molecule has 0 aromatic heterocycles. The van der Waals surface area contributed by atoms with Gasteiger partial charge in [-0.05, 0) is 25.9 Å².